The highest BCUT2D eigenvalue weighted by Gasteiger charge is 2.28. The summed E-state index contributed by atoms with van der Waals surface area (Å²) < 4.78 is 10.5. The summed E-state index contributed by atoms with van der Waals surface area (Å²) >= 11 is 0. The van der Waals surface area contributed by atoms with Gasteiger partial charge in [-0.15, -0.1) is 6.58 Å². The molecule has 1 atom stereocenters. The van der Waals surface area contributed by atoms with Gasteiger partial charge in [-0.1, -0.05) is 6.08 Å². The van der Waals surface area contributed by atoms with Crippen molar-refractivity contribution in [2.75, 3.05) is 20.8 Å². The Morgan fingerprint density at radius 1 is 1.39 bits per heavy atom. The number of ether oxygens (including phenoxy) is 2. The average Bonchev–Trinajstić information content (AvgIpc) is 2.38. The molecule has 100 valence electrons. The largest absolute Gasteiger partial charge is 0.497 e. The summed E-state index contributed by atoms with van der Waals surface area (Å²) in [6.07, 6.45) is 2.76. The van der Waals surface area contributed by atoms with Crippen LogP contribution in [0.25, 0.3) is 0 Å². The Balaban J connectivity index is 3.22. The van der Waals surface area contributed by atoms with E-state index in [2.05, 4.69) is 6.58 Å². The molecule has 1 rings (SSSR count). The van der Waals surface area contributed by atoms with E-state index in [4.69, 9.17) is 15.2 Å². The monoisotopic (exact) mass is 251 g/mol. The zero-order valence-electron chi connectivity index (χ0n) is 11.0. The Morgan fingerprint density at radius 2 is 2.11 bits per heavy atom. The minimum Gasteiger partial charge on any atom is -0.497 e. The van der Waals surface area contributed by atoms with Crippen LogP contribution in [0.5, 0.6) is 11.5 Å². The molecule has 0 bridgehead atoms. The maximum Gasteiger partial charge on any atom is 0.127 e. The highest BCUT2D eigenvalue weighted by Crippen LogP contribution is 2.35. The maximum absolute atomic E-state index is 9.17. The lowest BCUT2D eigenvalue weighted by Crippen LogP contribution is -2.37. The number of aliphatic hydroxyl groups excluding tert-OH is 1. The molecule has 1 aromatic rings. The summed E-state index contributed by atoms with van der Waals surface area (Å²) in [5.74, 6) is 1.37. The molecule has 0 aliphatic carbocycles. The summed E-state index contributed by atoms with van der Waals surface area (Å²) in [6, 6.07) is 5.49. The third-order valence-electron chi connectivity index (χ3n) is 3.01. The predicted molar refractivity (Wildman–Crippen MR) is 71.9 cm³/mol. The fraction of sp³-hybridized carbons (Fsp3) is 0.429. The van der Waals surface area contributed by atoms with Gasteiger partial charge < -0.3 is 20.3 Å². The number of methoxy groups -OCH3 is 2. The van der Waals surface area contributed by atoms with Crippen LogP contribution in [0.4, 0.5) is 0 Å². The van der Waals surface area contributed by atoms with E-state index in [9.17, 15) is 5.11 Å². The smallest absolute Gasteiger partial charge is 0.127 e. The molecule has 1 aromatic carbocycles. The number of rotatable bonds is 7. The molecule has 0 aliphatic rings. The first-order chi connectivity index (χ1) is 8.61. The Kier molecular flexibility index (Phi) is 5.19. The highest BCUT2D eigenvalue weighted by atomic mass is 16.5. The van der Waals surface area contributed by atoms with Gasteiger partial charge in [0.1, 0.15) is 11.5 Å². The van der Waals surface area contributed by atoms with E-state index in [1.54, 1.807) is 26.4 Å². The van der Waals surface area contributed by atoms with Crippen LogP contribution < -0.4 is 15.2 Å². The second-order valence-electron chi connectivity index (χ2n) is 4.19. The van der Waals surface area contributed by atoms with Crippen LogP contribution in [0, 0.1) is 0 Å². The molecule has 18 heavy (non-hydrogen) atoms. The van der Waals surface area contributed by atoms with E-state index in [1.807, 2.05) is 12.1 Å². The summed E-state index contributed by atoms with van der Waals surface area (Å²) in [7, 11) is 3.19. The molecule has 0 aromatic heterocycles. The molecule has 4 heteroatoms. The lowest BCUT2D eigenvalue weighted by atomic mass is 9.84. The van der Waals surface area contributed by atoms with E-state index >= 15 is 0 Å². The van der Waals surface area contributed by atoms with Crippen LogP contribution in [-0.2, 0) is 5.54 Å². The van der Waals surface area contributed by atoms with Crippen molar-refractivity contribution >= 4 is 0 Å². The molecule has 0 spiro atoms. The van der Waals surface area contributed by atoms with Crippen LogP contribution in [0.15, 0.2) is 30.9 Å². The molecule has 4 nitrogen and oxygen atoms in total. The third-order valence-corrected chi connectivity index (χ3v) is 3.01. The van der Waals surface area contributed by atoms with Crippen molar-refractivity contribution in [1.82, 2.24) is 0 Å². The number of aliphatic hydroxyl groups is 1. The second kappa shape index (κ2) is 6.42. The maximum atomic E-state index is 9.17. The number of benzene rings is 1. The van der Waals surface area contributed by atoms with Gasteiger partial charge in [0.25, 0.3) is 0 Å². The lowest BCUT2D eigenvalue weighted by Gasteiger charge is -2.30. The normalized spacial score (nSPS) is 13.8. The third kappa shape index (κ3) is 3.03. The Labute approximate surface area is 108 Å². The molecular weight excluding hydrogens is 230 g/mol. The lowest BCUT2D eigenvalue weighted by molar-refractivity contribution is 0.236. The van der Waals surface area contributed by atoms with Crippen molar-refractivity contribution in [1.29, 1.82) is 0 Å². The molecule has 0 amide bonds. The average molecular weight is 251 g/mol. The zero-order chi connectivity index (χ0) is 13.6. The predicted octanol–water partition coefficient (Wildman–Crippen LogP) is 1.82. The molecule has 0 fully saturated rings. The first kappa shape index (κ1) is 14.5. The molecule has 0 saturated carbocycles. The van der Waals surface area contributed by atoms with Crippen LogP contribution >= 0.6 is 0 Å². The summed E-state index contributed by atoms with van der Waals surface area (Å²) in [6.45, 7) is 3.73. The van der Waals surface area contributed by atoms with Gasteiger partial charge in [-0.2, -0.15) is 0 Å². The fourth-order valence-corrected chi connectivity index (χ4v) is 2.01. The quantitative estimate of drug-likeness (QED) is 0.725. The molecule has 0 saturated heterocycles. The first-order valence-electron chi connectivity index (χ1n) is 5.84. The molecule has 0 heterocycles. The van der Waals surface area contributed by atoms with Gasteiger partial charge in [-0.05, 0) is 25.0 Å². The van der Waals surface area contributed by atoms with Crippen molar-refractivity contribution in [3.8, 4) is 11.5 Å². The Morgan fingerprint density at radius 3 is 2.61 bits per heavy atom. The minimum absolute atomic E-state index is 0.0134. The highest BCUT2D eigenvalue weighted by molar-refractivity contribution is 5.45. The van der Waals surface area contributed by atoms with Crippen molar-refractivity contribution in [3.05, 3.63) is 36.4 Å². The van der Waals surface area contributed by atoms with Crippen molar-refractivity contribution in [2.45, 2.75) is 18.4 Å². The van der Waals surface area contributed by atoms with Gasteiger partial charge in [0.15, 0.2) is 0 Å². The fourth-order valence-electron chi connectivity index (χ4n) is 2.01. The van der Waals surface area contributed by atoms with E-state index in [0.29, 0.717) is 24.3 Å². The second-order valence-corrected chi connectivity index (χ2v) is 4.19. The molecule has 1 unspecified atom stereocenters. The molecule has 0 aliphatic heterocycles. The van der Waals surface area contributed by atoms with E-state index in [1.165, 1.54) is 0 Å². The molecule has 3 N–H and O–H groups in total. The number of nitrogens with two attached hydrogens (primary N) is 1. The standard InChI is InChI=1S/C14H21NO3/c1-4-7-14(15,8-9-16)12-6-5-11(17-2)10-13(12)18-3/h4-6,10,16H,1,7-9,15H2,2-3H3. The number of hydrogen-bond acceptors (Lipinski definition) is 4. The molecule has 0 radical (unpaired) electrons. The van der Waals surface area contributed by atoms with Gasteiger partial charge in [0.05, 0.1) is 19.8 Å². The van der Waals surface area contributed by atoms with Crippen molar-refractivity contribution < 1.29 is 14.6 Å². The topological polar surface area (TPSA) is 64.7 Å². The van der Waals surface area contributed by atoms with Crippen molar-refractivity contribution in [3.63, 3.8) is 0 Å². The summed E-state index contributed by atoms with van der Waals surface area (Å²) in [4.78, 5) is 0. The Bertz CT molecular complexity index is 406. The minimum atomic E-state index is -0.673. The summed E-state index contributed by atoms with van der Waals surface area (Å²) in [5, 5.41) is 9.17. The van der Waals surface area contributed by atoms with E-state index in [-0.39, 0.29) is 6.61 Å². The Hall–Kier alpha value is -1.52. The van der Waals surface area contributed by atoms with Crippen LogP contribution in [0.3, 0.4) is 0 Å². The van der Waals surface area contributed by atoms with Gasteiger partial charge in [-0.3, -0.25) is 0 Å². The van der Waals surface area contributed by atoms with Crippen molar-refractivity contribution in [2.24, 2.45) is 5.73 Å². The van der Waals surface area contributed by atoms with Gasteiger partial charge >= 0.3 is 0 Å². The van der Waals surface area contributed by atoms with E-state index in [0.717, 1.165) is 5.56 Å². The first-order valence-corrected chi connectivity index (χ1v) is 5.84. The van der Waals surface area contributed by atoms with Gasteiger partial charge in [0.2, 0.25) is 0 Å². The SMILES string of the molecule is C=CCC(N)(CCO)c1ccc(OC)cc1OC. The van der Waals surface area contributed by atoms with Gasteiger partial charge in [-0.25, -0.2) is 0 Å². The summed E-state index contributed by atoms with van der Waals surface area (Å²) in [5.41, 5.74) is 6.53. The van der Waals surface area contributed by atoms with Crippen LogP contribution in [0.1, 0.15) is 18.4 Å². The van der Waals surface area contributed by atoms with Gasteiger partial charge in [0, 0.05) is 18.2 Å². The van der Waals surface area contributed by atoms with Crippen LogP contribution in [-0.4, -0.2) is 25.9 Å². The van der Waals surface area contributed by atoms with E-state index < -0.39 is 5.54 Å². The molecular formula is C14H21NO3. The zero-order valence-corrected chi connectivity index (χ0v) is 11.0. The van der Waals surface area contributed by atoms with Crippen LogP contribution in [0.2, 0.25) is 0 Å². The number of hydrogen-bond donors (Lipinski definition) is 2.